The van der Waals surface area contributed by atoms with Crippen molar-refractivity contribution in [2.45, 2.75) is 0 Å². The molecule has 0 saturated heterocycles. The number of nitrogens with one attached hydrogen (secondary N) is 1. The summed E-state index contributed by atoms with van der Waals surface area (Å²) >= 11 is 0. The molecule has 0 spiro atoms. The van der Waals surface area contributed by atoms with Crippen LogP contribution in [-0.2, 0) is 0 Å². The SMILES string of the molecule is Nc1cc(-c2ccc(-n3cncn3)nc2)[nH]n1. The molecular weight excluding hydrogens is 218 g/mol. The molecule has 3 heterocycles. The molecule has 0 bridgehead atoms. The van der Waals surface area contributed by atoms with Crippen LogP contribution in [0.25, 0.3) is 17.1 Å². The highest BCUT2D eigenvalue weighted by molar-refractivity contribution is 5.61. The Hall–Kier alpha value is -2.70. The van der Waals surface area contributed by atoms with E-state index in [1.54, 1.807) is 23.3 Å². The lowest BCUT2D eigenvalue weighted by Gasteiger charge is -2.00. The number of aromatic amines is 1. The van der Waals surface area contributed by atoms with Crippen molar-refractivity contribution in [3.8, 4) is 17.1 Å². The number of aromatic nitrogens is 6. The summed E-state index contributed by atoms with van der Waals surface area (Å²) in [6, 6.07) is 5.52. The monoisotopic (exact) mass is 227 g/mol. The van der Waals surface area contributed by atoms with Crippen molar-refractivity contribution in [1.29, 1.82) is 0 Å². The summed E-state index contributed by atoms with van der Waals surface area (Å²) in [5.41, 5.74) is 7.29. The average molecular weight is 227 g/mol. The normalized spacial score (nSPS) is 10.6. The number of anilines is 1. The van der Waals surface area contributed by atoms with Crippen LogP contribution in [0.2, 0.25) is 0 Å². The predicted molar refractivity (Wildman–Crippen MR) is 61.1 cm³/mol. The van der Waals surface area contributed by atoms with Gasteiger partial charge in [-0.2, -0.15) is 10.2 Å². The topological polar surface area (TPSA) is 98.3 Å². The van der Waals surface area contributed by atoms with E-state index in [1.165, 1.54) is 6.33 Å². The highest BCUT2D eigenvalue weighted by atomic mass is 15.3. The molecule has 0 amide bonds. The molecule has 0 aliphatic rings. The highest BCUT2D eigenvalue weighted by Crippen LogP contribution is 2.18. The van der Waals surface area contributed by atoms with Crippen molar-refractivity contribution in [2.24, 2.45) is 0 Å². The smallest absolute Gasteiger partial charge is 0.155 e. The van der Waals surface area contributed by atoms with Gasteiger partial charge in [0.15, 0.2) is 5.82 Å². The Labute approximate surface area is 96.3 Å². The minimum atomic E-state index is 0.459. The molecule has 0 aromatic carbocycles. The highest BCUT2D eigenvalue weighted by Gasteiger charge is 2.03. The first kappa shape index (κ1) is 9.52. The van der Waals surface area contributed by atoms with Crippen LogP contribution in [0.5, 0.6) is 0 Å². The summed E-state index contributed by atoms with van der Waals surface area (Å²) in [5.74, 6) is 1.17. The Morgan fingerprint density at radius 2 is 2.24 bits per heavy atom. The molecule has 3 rings (SSSR count). The summed E-state index contributed by atoms with van der Waals surface area (Å²) < 4.78 is 1.59. The van der Waals surface area contributed by atoms with Crippen LogP contribution in [0, 0.1) is 0 Å². The summed E-state index contributed by atoms with van der Waals surface area (Å²) in [6.07, 6.45) is 4.78. The van der Waals surface area contributed by atoms with E-state index in [9.17, 15) is 0 Å². The number of nitrogen functional groups attached to an aromatic ring is 1. The van der Waals surface area contributed by atoms with E-state index in [2.05, 4.69) is 25.3 Å². The molecule has 3 aromatic heterocycles. The Morgan fingerprint density at radius 1 is 1.29 bits per heavy atom. The fraction of sp³-hybridized carbons (Fsp3) is 0. The number of H-pyrrole nitrogens is 1. The summed E-state index contributed by atoms with van der Waals surface area (Å²) in [6.45, 7) is 0. The average Bonchev–Trinajstić information content (AvgIpc) is 3.00. The van der Waals surface area contributed by atoms with Gasteiger partial charge in [0.2, 0.25) is 0 Å². The quantitative estimate of drug-likeness (QED) is 0.669. The first-order valence-electron chi connectivity index (χ1n) is 4.95. The van der Waals surface area contributed by atoms with E-state index < -0.39 is 0 Å². The number of hydrogen-bond acceptors (Lipinski definition) is 5. The number of pyridine rings is 1. The molecule has 0 aliphatic heterocycles. The fourth-order valence-electron chi connectivity index (χ4n) is 1.49. The van der Waals surface area contributed by atoms with Gasteiger partial charge in [-0.05, 0) is 12.1 Å². The van der Waals surface area contributed by atoms with Gasteiger partial charge < -0.3 is 5.73 Å². The summed E-state index contributed by atoms with van der Waals surface area (Å²) in [4.78, 5) is 8.14. The zero-order valence-corrected chi connectivity index (χ0v) is 8.78. The van der Waals surface area contributed by atoms with Gasteiger partial charge in [0.05, 0.1) is 5.69 Å². The lowest BCUT2D eigenvalue weighted by atomic mass is 10.2. The van der Waals surface area contributed by atoms with Crippen LogP contribution in [0.1, 0.15) is 0 Å². The predicted octanol–water partition coefficient (Wildman–Crippen LogP) is 0.635. The zero-order valence-electron chi connectivity index (χ0n) is 8.78. The Bertz CT molecular complexity index is 608. The third kappa shape index (κ3) is 1.73. The van der Waals surface area contributed by atoms with Crippen molar-refractivity contribution in [3.05, 3.63) is 37.1 Å². The first-order valence-corrected chi connectivity index (χ1v) is 4.95. The second-order valence-corrected chi connectivity index (χ2v) is 3.45. The van der Waals surface area contributed by atoms with E-state index in [-0.39, 0.29) is 0 Å². The van der Waals surface area contributed by atoms with Crippen LogP contribution >= 0.6 is 0 Å². The van der Waals surface area contributed by atoms with Crippen LogP contribution in [0.3, 0.4) is 0 Å². The molecule has 0 unspecified atom stereocenters. The summed E-state index contributed by atoms with van der Waals surface area (Å²) in [7, 11) is 0. The van der Waals surface area contributed by atoms with E-state index >= 15 is 0 Å². The van der Waals surface area contributed by atoms with E-state index in [0.717, 1.165) is 11.3 Å². The van der Waals surface area contributed by atoms with Gasteiger partial charge in [-0.1, -0.05) is 0 Å². The van der Waals surface area contributed by atoms with Crippen LogP contribution in [-0.4, -0.2) is 29.9 Å². The minimum absolute atomic E-state index is 0.459. The van der Waals surface area contributed by atoms with Crippen molar-refractivity contribution in [3.63, 3.8) is 0 Å². The van der Waals surface area contributed by atoms with Crippen LogP contribution < -0.4 is 5.73 Å². The van der Waals surface area contributed by atoms with Gasteiger partial charge in [0, 0.05) is 17.8 Å². The number of rotatable bonds is 2. The molecule has 3 aromatic rings. The van der Waals surface area contributed by atoms with Crippen molar-refractivity contribution < 1.29 is 0 Å². The van der Waals surface area contributed by atoms with Gasteiger partial charge in [-0.3, -0.25) is 5.10 Å². The standard InChI is InChI=1S/C10H9N7/c11-9-3-8(15-16-9)7-1-2-10(13-4-7)17-6-12-5-14-17/h1-6H,(H3,11,15,16). The third-order valence-electron chi connectivity index (χ3n) is 2.31. The third-order valence-corrected chi connectivity index (χ3v) is 2.31. The molecule has 17 heavy (non-hydrogen) atoms. The number of hydrogen-bond donors (Lipinski definition) is 2. The molecule has 0 radical (unpaired) electrons. The van der Waals surface area contributed by atoms with E-state index in [0.29, 0.717) is 11.6 Å². The molecular formula is C10H9N7. The molecule has 3 N–H and O–H groups in total. The van der Waals surface area contributed by atoms with E-state index in [1.807, 2.05) is 12.1 Å². The first-order chi connectivity index (χ1) is 8.33. The largest absolute Gasteiger partial charge is 0.382 e. The maximum atomic E-state index is 5.54. The van der Waals surface area contributed by atoms with Gasteiger partial charge in [-0.15, -0.1) is 0 Å². The molecule has 84 valence electrons. The van der Waals surface area contributed by atoms with Crippen LogP contribution in [0.4, 0.5) is 5.82 Å². The minimum Gasteiger partial charge on any atom is -0.382 e. The fourth-order valence-corrected chi connectivity index (χ4v) is 1.49. The van der Waals surface area contributed by atoms with E-state index in [4.69, 9.17) is 5.73 Å². The van der Waals surface area contributed by atoms with Gasteiger partial charge >= 0.3 is 0 Å². The maximum absolute atomic E-state index is 5.54. The molecule has 7 nitrogen and oxygen atoms in total. The van der Waals surface area contributed by atoms with Crippen LogP contribution in [0.15, 0.2) is 37.1 Å². The molecule has 0 aliphatic carbocycles. The Morgan fingerprint density at radius 3 is 2.82 bits per heavy atom. The Balaban J connectivity index is 1.95. The summed E-state index contributed by atoms with van der Waals surface area (Å²) in [5, 5.41) is 10.7. The van der Waals surface area contributed by atoms with Crippen molar-refractivity contribution in [1.82, 2.24) is 29.9 Å². The zero-order chi connectivity index (χ0) is 11.7. The van der Waals surface area contributed by atoms with Gasteiger partial charge in [0.25, 0.3) is 0 Å². The number of nitrogens with zero attached hydrogens (tertiary/aromatic N) is 5. The van der Waals surface area contributed by atoms with Crippen molar-refractivity contribution in [2.75, 3.05) is 5.73 Å². The molecule has 0 saturated carbocycles. The lowest BCUT2D eigenvalue weighted by Crippen LogP contribution is -1.97. The second kappa shape index (κ2) is 3.71. The lowest BCUT2D eigenvalue weighted by molar-refractivity contribution is 0.845. The molecule has 7 heteroatoms. The molecule has 0 fully saturated rings. The maximum Gasteiger partial charge on any atom is 0.155 e. The molecule has 0 atom stereocenters. The van der Waals surface area contributed by atoms with Gasteiger partial charge in [0.1, 0.15) is 18.5 Å². The van der Waals surface area contributed by atoms with Gasteiger partial charge in [-0.25, -0.2) is 14.6 Å². The van der Waals surface area contributed by atoms with Crippen molar-refractivity contribution >= 4 is 5.82 Å². The number of nitrogens with two attached hydrogens (primary N) is 1. The Kier molecular flexibility index (Phi) is 2.08. The second-order valence-electron chi connectivity index (χ2n) is 3.45.